The van der Waals surface area contributed by atoms with E-state index in [0.717, 1.165) is 33.5 Å². The number of aliphatic carboxylic acids is 1. The second-order valence-corrected chi connectivity index (χ2v) is 6.68. The van der Waals surface area contributed by atoms with Gasteiger partial charge in [0.05, 0.1) is 24.7 Å². The Hall–Kier alpha value is -3.38. The van der Waals surface area contributed by atoms with Gasteiger partial charge in [0.15, 0.2) is 0 Å². The molecule has 0 saturated heterocycles. The molecule has 6 nitrogen and oxygen atoms in total. The van der Waals surface area contributed by atoms with Gasteiger partial charge in [-0.1, -0.05) is 53.7 Å². The second kappa shape index (κ2) is 10.2. The van der Waals surface area contributed by atoms with Crippen molar-refractivity contribution in [3.8, 4) is 11.1 Å². The molecule has 3 aromatic rings. The van der Waals surface area contributed by atoms with Crippen LogP contribution in [0.5, 0.6) is 0 Å². The Morgan fingerprint density at radius 2 is 1.76 bits per heavy atom. The lowest BCUT2D eigenvalue weighted by Crippen LogP contribution is -2.17. The smallest absolute Gasteiger partial charge is 0.304 e. The summed E-state index contributed by atoms with van der Waals surface area (Å²) < 4.78 is 5.11. The van der Waals surface area contributed by atoms with Crippen LogP contribution in [0.4, 0.5) is 0 Å². The molecule has 150 valence electrons. The maximum atomic E-state index is 10.5. The lowest BCUT2D eigenvalue weighted by atomic mass is 10.1. The molecular formula is C23H24N2O4. The number of rotatable bonds is 10. The fraction of sp³-hybridized carbons (Fsp3) is 0.217. The first-order valence-electron chi connectivity index (χ1n) is 9.42. The van der Waals surface area contributed by atoms with Crippen molar-refractivity contribution in [3.63, 3.8) is 0 Å². The van der Waals surface area contributed by atoms with Crippen LogP contribution in [0.3, 0.4) is 0 Å². The van der Waals surface area contributed by atoms with Gasteiger partial charge in [-0.3, -0.25) is 4.79 Å². The molecule has 0 amide bonds. The number of benzene rings is 2. The van der Waals surface area contributed by atoms with E-state index in [1.54, 1.807) is 12.5 Å². The van der Waals surface area contributed by atoms with E-state index in [9.17, 15) is 4.79 Å². The van der Waals surface area contributed by atoms with Gasteiger partial charge in [-0.15, -0.1) is 0 Å². The molecule has 0 bridgehead atoms. The summed E-state index contributed by atoms with van der Waals surface area (Å²) in [6.07, 6.45) is 3.50. The van der Waals surface area contributed by atoms with E-state index < -0.39 is 5.97 Å². The van der Waals surface area contributed by atoms with E-state index in [4.69, 9.17) is 14.4 Å². The molecule has 2 aromatic carbocycles. The molecule has 6 heteroatoms. The van der Waals surface area contributed by atoms with Gasteiger partial charge in [0.25, 0.3) is 0 Å². The van der Waals surface area contributed by atoms with Crippen molar-refractivity contribution in [2.75, 3.05) is 6.54 Å². The number of hydrogen-bond acceptors (Lipinski definition) is 5. The van der Waals surface area contributed by atoms with Gasteiger partial charge >= 0.3 is 5.97 Å². The lowest BCUT2D eigenvalue weighted by Gasteiger charge is -2.06. The Morgan fingerprint density at radius 1 is 1.03 bits per heavy atom. The van der Waals surface area contributed by atoms with Crippen LogP contribution < -0.4 is 5.32 Å². The topological polar surface area (TPSA) is 84.1 Å². The van der Waals surface area contributed by atoms with E-state index >= 15 is 0 Å². The summed E-state index contributed by atoms with van der Waals surface area (Å²) in [7, 11) is 0. The summed E-state index contributed by atoms with van der Waals surface area (Å²) in [4.78, 5) is 16.0. The minimum absolute atomic E-state index is 0.118. The first-order chi connectivity index (χ1) is 14.1. The molecule has 0 aliphatic carbocycles. The number of carbonyl (C=O) groups is 1. The molecular weight excluding hydrogens is 368 g/mol. The van der Waals surface area contributed by atoms with Crippen molar-refractivity contribution in [1.29, 1.82) is 0 Å². The molecule has 1 heterocycles. The van der Waals surface area contributed by atoms with Crippen molar-refractivity contribution < 1.29 is 19.2 Å². The minimum atomic E-state index is -0.798. The van der Waals surface area contributed by atoms with Gasteiger partial charge in [-0.2, -0.15) is 0 Å². The van der Waals surface area contributed by atoms with Crippen molar-refractivity contribution >= 4 is 11.7 Å². The molecule has 3 rings (SSSR count). The Bertz CT molecular complexity index is 930. The molecule has 0 saturated carbocycles. The molecule has 2 N–H and O–H groups in total. The first kappa shape index (κ1) is 20.4. The highest BCUT2D eigenvalue weighted by Gasteiger charge is 2.02. The third-order valence-corrected chi connectivity index (χ3v) is 4.46. The molecule has 29 heavy (non-hydrogen) atoms. The number of nitrogens with zero attached hydrogens (tertiary/aromatic N) is 1. The Balaban J connectivity index is 1.47. The van der Waals surface area contributed by atoms with E-state index in [-0.39, 0.29) is 6.42 Å². The Morgan fingerprint density at radius 3 is 2.41 bits per heavy atom. The summed E-state index contributed by atoms with van der Waals surface area (Å²) in [5.74, 6) is -0.798. The van der Waals surface area contributed by atoms with Crippen LogP contribution in [-0.4, -0.2) is 23.3 Å². The number of carboxylic acid groups (broad SMARTS) is 1. The number of hydrogen-bond donors (Lipinski definition) is 2. The van der Waals surface area contributed by atoms with E-state index in [1.165, 1.54) is 0 Å². The second-order valence-electron chi connectivity index (χ2n) is 6.68. The predicted octanol–water partition coefficient (Wildman–Crippen LogP) is 4.45. The Labute approximate surface area is 169 Å². The summed E-state index contributed by atoms with van der Waals surface area (Å²) in [5, 5.41) is 15.9. The van der Waals surface area contributed by atoms with E-state index in [0.29, 0.717) is 19.7 Å². The van der Waals surface area contributed by atoms with Gasteiger partial charge in [-0.25, -0.2) is 0 Å². The van der Waals surface area contributed by atoms with Crippen LogP contribution in [0.1, 0.15) is 30.0 Å². The average Bonchev–Trinajstić information content (AvgIpc) is 3.27. The molecule has 0 radical (unpaired) electrons. The summed E-state index contributed by atoms with van der Waals surface area (Å²) in [5.41, 5.74) is 6.05. The molecule has 0 aliphatic heterocycles. The minimum Gasteiger partial charge on any atom is -0.481 e. The highest BCUT2D eigenvalue weighted by atomic mass is 16.6. The molecule has 0 atom stereocenters. The largest absolute Gasteiger partial charge is 0.481 e. The summed E-state index contributed by atoms with van der Waals surface area (Å²) in [6, 6.07) is 18.0. The number of oxime groups is 1. The van der Waals surface area contributed by atoms with Gasteiger partial charge in [-0.05, 0) is 35.2 Å². The zero-order valence-corrected chi connectivity index (χ0v) is 16.3. The quantitative estimate of drug-likeness (QED) is 0.302. The van der Waals surface area contributed by atoms with Crippen LogP contribution in [0, 0.1) is 0 Å². The van der Waals surface area contributed by atoms with Crippen molar-refractivity contribution in [3.05, 3.63) is 83.8 Å². The molecule has 0 aliphatic rings. The summed E-state index contributed by atoms with van der Waals surface area (Å²) in [6.45, 7) is 3.39. The maximum Gasteiger partial charge on any atom is 0.304 e. The van der Waals surface area contributed by atoms with Crippen LogP contribution in [-0.2, 0) is 22.8 Å². The van der Waals surface area contributed by atoms with Crippen LogP contribution in [0.25, 0.3) is 11.1 Å². The van der Waals surface area contributed by atoms with Gasteiger partial charge in [0, 0.05) is 18.7 Å². The number of carboxylic acids is 1. The molecule has 0 unspecified atom stereocenters. The lowest BCUT2D eigenvalue weighted by molar-refractivity contribution is -0.136. The normalized spacial score (nSPS) is 11.4. The van der Waals surface area contributed by atoms with Crippen LogP contribution in [0.2, 0.25) is 0 Å². The van der Waals surface area contributed by atoms with Crippen molar-refractivity contribution in [2.24, 2.45) is 5.16 Å². The van der Waals surface area contributed by atoms with Gasteiger partial charge in [0.2, 0.25) is 0 Å². The SMILES string of the molecule is C/C(=N/OCc1ccc(-c2ccoc2)cc1)c1ccc(CNCCC(=O)O)cc1. The molecule has 0 spiro atoms. The van der Waals surface area contributed by atoms with E-state index in [2.05, 4.69) is 10.5 Å². The fourth-order valence-corrected chi connectivity index (χ4v) is 2.77. The zero-order valence-electron chi connectivity index (χ0n) is 16.3. The van der Waals surface area contributed by atoms with E-state index in [1.807, 2.05) is 61.5 Å². The Kier molecular flexibility index (Phi) is 7.19. The standard InChI is InChI=1S/C23H24N2O4/c1-17(20-6-2-18(3-7-20)14-24-12-10-23(26)27)25-29-15-19-4-8-21(9-5-19)22-11-13-28-16-22/h2-9,11,13,16,24H,10,12,14-15H2,1H3,(H,26,27)/b25-17-. The number of nitrogens with one attached hydrogen (secondary N) is 1. The van der Waals surface area contributed by atoms with Crippen LogP contribution in [0.15, 0.2) is 76.7 Å². The zero-order chi connectivity index (χ0) is 20.5. The predicted molar refractivity (Wildman–Crippen MR) is 112 cm³/mol. The third kappa shape index (κ3) is 6.33. The van der Waals surface area contributed by atoms with Crippen molar-refractivity contribution in [1.82, 2.24) is 5.32 Å². The third-order valence-electron chi connectivity index (χ3n) is 4.46. The molecule has 1 aromatic heterocycles. The first-order valence-corrected chi connectivity index (χ1v) is 9.42. The molecule has 0 fully saturated rings. The highest BCUT2D eigenvalue weighted by Crippen LogP contribution is 2.20. The van der Waals surface area contributed by atoms with Crippen LogP contribution >= 0.6 is 0 Å². The average molecular weight is 392 g/mol. The maximum absolute atomic E-state index is 10.5. The summed E-state index contributed by atoms with van der Waals surface area (Å²) >= 11 is 0. The van der Waals surface area contributed by atoms with Gasteiger partial charge < -0.3 is 19.7 Å². The monoisotopic (exact) mass is 392 g/mol. The van der Waals surface area contributed by atoms with Gasteiger partial charge in [0.1, 0.15) is 6.61 Å². The highest BCUT2D eigenvalue weighted by molar-refractivity contribution is 5.98. The number of furan rings is 1. The fourth-order valence-electron chi connectivity index (χ4n) is 2.77. The van der Waals surface area contributed by atoms with Crippen molar-refractivity contribution in [2.45, 2.75) is 26.5 Å².